The van der Waals surface area contributed by atoms with Crippen molar-refractivity contribution in [2.45, 2.75) is 26.3 Å². The number of amides is 1. The quantitative estimate of drug-likeness (QED) is 0.377. The number of hydrogen-bond acceptors (Lipinski definition) is 6. The predicted octanol–water partition coefficient (Wildman–Crippen LogP) is 3.87. The monoisotopic (exact) mass is 459 g/mol. The molecule has 33 heavy (non-hydrogen) atoms. The lowest BCUT2D eigenvalue weighted by Crippen LogP contribution is -2.24. The van der Waals surface area contributed by atoms with E-state index in [0.717, 1.165) is 12.1 Å². The van der Waals surface area contributed by atoms with Crippen LogP contribution in [-0.2, 0) is 13.0 Å². The first kappa shape index (κ1) is 24.0. The third kappa shape index (κ3) is 6.66. The first-order valence-electron chi connectivity index (χ1n) is 10.3. The summed E-state index contributed by atoms with van der Waals surface area (Å²) < 4.78 is 46.3. The smallest absolute Gasteiger partial charge is 0.273 e. The highest BCUT2D eigenvalue weighted by Gasteiger charge is 2.13. The molecule has 3 N–H and O–H groups in total. The van der Waals surface area contributed by atoms with Gasteiger partial charge in [-0.3, -0.25) is 9.78 Å². The highest BCUT2D eigenvalue weighted by molar-refractivity contribution is 5.91. The van der Waals surface area contributed by atoms with E-state index in [-0.39, 0.29) is 29.2 Å². The van der Waals surface area contributed by atoms with Crippen molar-refractivity contribution in [3.63, 3.8) is 0 Å². The van der Waals surface area contributed by atoms with E-state index in [1.54, 1.807) is 0 Å². The summed E-state index contributed by atoms with van der Waals surface area (Å²) in [6.07, 6.45) is 3.59. The maximum Gasteiger partial charge on any atom is 0.273 e. The zero-order valence-electron chi connectivity index (χ0n) is 18.1. The minimum Gasteiger partial charge on any atom is -0.448 e. The Kier molecular flexibility index (Phi) is 8.20. The van der Waals surface area contributed by atoms with E-state index in [4.69, 9.17) is 4.42 Å². The molecule has 0 fully saturated rings. The molecule has 0 bridgehead atoms. The summed E-state index contributed by atoms with van der Waals surface area (Å²) in [4.78, 5) is 20.1. The van der Waals surface area contributed by atoms with E-state index in [9.17, 15) is 18.0 Å². The van der Waals surface area contributed by atoms with Gasteiger partial charge < -0.3 is 20.4 Å². The number of benzene rings is 1. The highest BCUT2D eigenvalue weighted by atomic mass is 19.1. The molecule has 7 nitrogen and oxygen atoms in total. The fourth-order valence-corrected chi connectivity index (χ4v) is 2.94. The van der Waals surface area contributed by atoms with Gasteiger partial charge in [-0.2, -0.15) is 0 Å². The second-order valence-corrected chi connectivity index (χ2v) is 7.25. The van der Waals surface area contributed by atoms with E-state index < -0.39 is 23.4 Å². The maximum absolute atomic E-state index is 13.9. The lowest BCUT2D eigenvalue weighted by Gasteiger charge is -2.13. The molecule has 0 aliphatic carbocycles. The summed E-state index contributed by atoms with van der Waals surface area (Å²) in [6.45, 7) is 6.32. The SMILES string of the molecule is C=C(CCNCCc1nc(C(=O)NCc2ncccc2F)co1)Nc1c(F)ccc(F)c1C. The Morgan fingerprint density at radius 2 is 1.91 bits per heavy atom. The van der Waals surface area contributed by atoms with Gasteiger partial charge in [0.1, 0.15) is 23.7 Å². The lowest BCUT2D eigenvalue weighted by atomic mass is 10.1. The normalized spacial score (nSPS) is 10.8. The largest absolute Gasteiger partial charge is 0.448 e. The number of oxazole rings is 1. The van der Waals surface area contributed by atoms with Crippen molar-refractivity contribution in [2.24, 2.45) is 0 Å². The van der Waals surface area contributed by atoms with Gasteiger partial charge >= 0.3 is 0 Å². The summed E-state index contributed by atoms with van der Waals surface area (Å²) in [7, 11) is 0. The molecule has 1 aromatic carbocycles. The Morgan fingerprint density at radius 3 is 2.70 bits per heavy atom. The zero-order chi connectivity index (χ0) is 23.8. The van der Waals surface area contributed by atoms with E-state index in [1.165, 1.54) is 31.5 Å². The van der Waals surface area contributed by atoms with E-state index in [0.29, 0.717) is 37.5 Å². The summed E-state index contributed by atoms with van der Waals surface area (Å²) in [6, 6.07) is 4.88. The van der Waals surface area contributed by atoms with Gasteiger partial charge in [0.05, 0.1) is 17.9 Å². The van der Waals surface area contributed by atoms with Crippen molar-refractivity contribution in [1.29, 1.82) is 0 Å². The molecule has 1 amide bonds. The van der Waals surface area contributed by atoms with E-state index >= 15 is 0 Å². The summed E-state index contributed by atoms with van der Waals surface area (Å²) in [5, 5.41) is 8.52. The molecule has 0 radical (unpaired) electrons. The van der Waals surface area contributed by atoms with Crippen LogP contribution in [0, 0.1) is 24.4 Å². The van der Waals surface area contributed by atoms with Crippen LogP contribution in [-0.4, -0.2) is 29.0 Å². The number of pyridine rings is 1. The molecule has 3 rings (SSSR count). The number of carbonyl (C=O) groups is 1. The topological polar surface area (TPSA) is 92.1 Å². The predicted molar refractivity (Wildman–Crippen MR) is 117 cm³/mol. The number of halogens is 3. The van der Waals surface area contributed by atoms with Crippen LogP contribution in [0.2, 0.25) is 0 Å². The lowest BCUT2D eigenvalue weighted by molar-refractivity contribution is 0.0945. The van der Waals surface area contributed by atoms with Crippen LogP contribution in [0.15, 0.2) is 53.4 Å². The maximum atomic E-state index is 13.9. The molecule has 10 heteroatoms. The second-order valence-electron chi connectivity index (χ2n) is 7.25. The van der Waals surface area contributed by atoms with Crippen molar-refractivity contribution in [1.82, 2.24) is 20.6 Å². The van der Waals surface area contributed by atoms with Crippen LogP contribution in [0.4, 0.5) is 18.9 Å². The van der Waals surface area contributed by atoms with Gasteiger partial charge in [0, 0.05) is 37.0 Å². The molecular formula is C23H24F3N5O2. The highest BCUT2D eigenvalue weighted by Crippen LogP contribution is 2.23. The number of rotatable bonds is 11. The minimum absolute atomic E-state index is 0.0633. The van der Waals surface area contributed by atoms with Gasteiger partial charge in [0.2, 0.25) is 0 Å². The Labute approximate surface area is 189 Å². The van der Waals surface area contributed by atoms with Crippen LogP contribution in [0.25, 0.3) is 0 Å². The molecule has 3 aromatic rings. The van der Waals surface area contributed by atoms with Crippen molar-refractivity contribution >= 4 is 11.6 Å². The molecule has 0 spiro atoms. The fraction of sp³-hybridized carbons (Fsp3) is 0.261. The average Bonchev–Trinajstić information content (AvgIpc) is 3.27. The van der Waals surface area contributed by atoms with Gasteiger partial charge in [0.25, 0.3) is 5.91 Å². The number of aromatic nitrogens is 2. The molecular weight excluding hydrogens is 435 g/mol. The molecule has 0 atom stereocenters. The molecule has 0 aliphatic heterocycles. The van der Waals surface area contributed by atoms with Gasteiger partial charge in [0.15, 0.2) is 11.6 Å². The Bertz CT molecular complexity index is 1130. The number of carbonyl (C=O) groups excluding carboxylic acids is 1. The van der Waals surface area contributed by atoms with Crippen molar-refractivity contribution in [3.05, 3.63) is 89.3 Å². The number of hydrogen-bond donors (Lipinski definition) is 3. The number of nitrogens with one attached hydrogen (secondary N) is 3. The third-order valence-corrected chi connectivity index (χ3v) is 4.80. The Morgan fingerprint density at radius 1 is 1.12 bits per heavy atom. The number of nitrogens with zero attached hydrogens (tertiary/aromatic N) is 2. The number of anilines is 1. The molecule has 2 heterocycles. The van der Waals surface area contributed by atoms with Gasteiger partial charge in [-0.15, -0.1) is 0 Å². The molecule has 2 aromatic heterocycles. The van der Waals surface area contributed by atoms with Crippen LogP contribution in [0.5, 0.6) is 0 Å². The van der Waals surface area contributed by atoms with Crippen LogP contribution >= 0.6 is 0 Å². The van der Waals surface area contributed by atoms with Gasteiger partial charge in [-0.05, 0) is 37.6 Å². The Hall–Kier alpha value is -3.66. The van der Waals surface area contributed by atoms with Crippen LogP contribution in [0.1, 0.15) is 34.1 Å². The second kappa shape index (κ2) is 11.3. The van der Waals surface area contributed by atoms with Crippen molar-refractivity contribution < 1.29 is 22.4 Å². The Balaban J connectivity index is 1.37. The molecule has 0 aliphatic rings. The average molecular weight is 459 g/mol. The van der Waals surface area contributed by atoms with E-state index in [2.05, 4.69) is 32.5 Å². The van der Waals surface area contributed by atoms with Crippen molar-refractivity contribution in [3.8, 4) is 0 Å². The summed E-state index contributed by atoms with van der Waals surface area (Å²) >= 11 is 0. The van der Waals surface area contributed by atoms with E-state index in [1.807, 2.05) is 0 Å². The first-order chi connectivity index (χ1) is 15.8. The molecule has 174 valence electrons. The van der Waals surface area contributed by atoms with Gasteiger partial charge in [-0.1, -0.05) is 6.58 Å². The van der Waals surface area contributed by atoms with Crippen molar-refractivity contribution in [2.75, 3.05) is 18.4 Å². The molecule has 0 saturated heterocycles. The van der Waals surface area contributed by atoms with Crippen LogP contribution < -0.4 is 16.0 Å². The van der Waals surface area contributed by atoms with Crippen LogP contribution in [0.3, 0.4) is 0 Å². The third-order valence-electron chi connectivity index (χ3n) is 4.80. The van der Waals surface area contributed by atoms with Gasteiger partial charge in [-0.25, -0.2) is 18.2 Å². The fourth-order valence-electron chi connectivity index (χ4n) is 2.94. The molecule has 0 unspecified atom stereocenters. The summed E-state index contributed by atoms with van der Waals surface area (Å²) in [5.41, 5.74) is 1.03. The minimum atomic E-state index is -0.545. The molecule has 0 saturated carbocycles. The standard InChI is InChI=1S/C23H24F3N5O2/c1-14(30-22-15(2)16(24)5-6-18(22)26)7-10-27-11-8-21-31-20(13-33-21)23(32)29-12-19-17(25)4-3-9-28-19/h3-6,9,13,27,30H,1,7-8,10-12H2,2H3,(H,29,32). The summed E-state index contributed by atoms with van der Waals surface area (Å²) in [5.74, 6) is -1.67. The zero-order valence-corrected chi connectivity index (χ0v) is 18.1. The first-order valence-corrected chi connectivity index (χ1v) is 10.3.